The highest BCUT2D eigenvalue weighted by Gasteiger charge is 2.22. The number of aryl methyl sites for hydroxylation is 1. The van der Waals surface area contributed by atoms with E-state index in [1.54, 1.807) is 0 Å². The Bertz CT molecular complexity index is 603. The molecule has 0 saturated carbocycles. The Morgan fingerprint density at radius 3 is 2.52 bits per heavy atom. The van der Waals surface area contributed by atoms with Crippen molar-refractivity contribution in [1.82, 2.24) is 9.55 Å². The Morgan fingerprint density at radius 2 is 1.90 bits per heavy atom. The van der Waals surface area contributed by atoms with Gasteiger partial charge in [0.05, 0.1) is 11.0 Å². The molecule has 116 valence electrons. The lowest BCUT2D eigenvalue weighted by Gasteiger charge is -2.20. The second-order valence-electron chi connectivity index (χ2n) is 7.47. The van der Waals surface area contributed by atoms with Crippen LogP contribution < -0.4 is 5.73 Å². The molecular weight excluding hydrogens is 258 g/mol. The largest absolute Gasteiger partial charge is 0.399 e. The Labute approximate surface area is 128 Å². The quantitative estimate of drug-likeness (QED) is 0.637. The van der Waals surface area contributed by atoms with E-state index >= 15 is 0 Å². The summed E-state index contributed by atoms with van der Waals surface area (Å²) in [6.45, 7) is 12.3. The molecule has 1 aromatic carbocycles. The van der Waals surface area contributed by atoms with Crippen molar-refractivity contribution < 1.29 is 0 Å². The number of anilines is 1. The lowest BCUT2D eigenvalue weighted by atomic mass is 9.95. The van der Waals surface area contributed by atoms with Gasteiger partial charge in [-0.3, -0.25) is 0 Å². The summed E-state index contributed by atoms with van der Waals surface area (Å²) in [5.41, 5.74) is 8.95. The molecule has 2 rings (SSSR count). The van der Waals surface area contributed by atoms with Gasteiger partial charge in [-0.1, -0.05) is 47.5 Å². The first-order chi connectivity index (χ1) is 9.79. The Hall–Kier alpha value is -1.51. The van der Waals surface area contributed by atoms with Gasteiger partial charge in [0.25, 0.3) is 0 Å². The number of nitrogens with zero attached hydrogens (tertiary/aromatic N) is 2. The third kappa shape index (κ3) is 3.78. The van der Waals surface area contributed by atoms with E-state index in [1.807, 2.05) is 12.1 Å². The Kier molecular flexibility index (Phi) is 4.60. The van der Waals surface area contributed by atoms with Crippen molar-refractivity contribution in [3.8, 4) is 0 Å². The standard InChI is InChI=1S/C18H29N3/c1-13(2)8-6-7-11-21-16-10-9-14(19)12-15(16)20-17(21)18(3,4)5/h9-10,12-13H,6-8,11,19H2,1-5H3. The maximum atomic E-state index is 5.90. The van der Waals surface area contributed by atoms with Crippen molar-refractivity contribution >= 4 is 16.7 Å². The molecule has 0 aliphatic heterocycles. The Morgan fingerprint density at radius 1 is 1.19 bits per heavy atom. The molecule has 0 radical (unpaired) electrons. The van der Waals surface area contributed by atoms with Gasteiger partial charge in [0.1, 0.15) is 5.82 Å². The normalized spacial score (nSPS) is 12.5. The lowest BCUT2D eigenvalue weighted by molar-refractivity contribution is 0.471. The van der Waals surface area contributed by atoms with Gasteiger partial charge in [-0.15, -0.1) is 0 Å². The molecule has 1 heterocycles. The maximum Gasteiger partial charge on any atom is 0.115 e. The molecule has 0 aliphatic carbocycles. The summed E-state index contributed by atoms with van der Waals surface area (Å²) in [5, 5.41) is 0. The molecule has 3 nitrogen and oxygen atoms in total. The number of hydrogen-bond acceptors (Lipinski definition) is 2. The zero-order chi connectivity index (χ0) is 15.6. The van der Waals surface area contributed by atoms with Gasteiger partial charge in [0, 0.05) is 17.6 Å². The SMILES string of the molecule is CC(C)CCCCn1c(C(C)(C)C)nc2cc(N)ccc21. The minimum atomic E-state index is 0.0475. The summed E-state index contributed by atoms with van der Waals surface area (Å²) in [5.74, 6) is 1.94. The fourth-order valence-electron chi connectivity index (χ4n) is 2.77. The number of benzene rings is 1. The molecule has 0 spiro atoms. The molecule has 0 saturated heterocycles. The van der Waals surface area contributed by atoms with Gasteiger partial charge in [-0.25, -0.2) is 4.98 Å². The Balaban J connectivity index is 2.30. The molecule has 1 aromatic heterocycles. The first kappa shape index (κ1) is 15.9. The van der Waals surface area contributed by atoms with Crippen LogP contribution in [0, 0.1) is 5.92 Å². The zero-order valence-electron chi connectivity index (χ0n) is 14.1. The van der Waals surface area contributed by atoms with E-state index in [1.165, 1.54) is 24.8 Å². The van der Waals surface area contributed by atoms with Crippen LogP contribution in [-0.2, 0) is 12.0 Å². The number of rotatable bonds is 5. The molecule has 0 atom stereocenters. The average Bonchev–Trinajstić information content (AvgIpc) is 2.72. The second kappa shape index (κ2) is 6.08. The van der Waals surface area contributed by atoms with Crippen LogP contribution in [-0.4, -0.2) is 9.55 Å². The van der Waals surface area contributed by atoms with Crippen molar-refractivity contribution in [3.05, 3.63) is 24.0 Å². The molecule has 2 aromatic rings. The van der Waals surface area contributed by atoms with E-state index in [9.17, 15) is 0 Å². The van der Waals surface area contributed by atoms with Gasteiger partial charge in [-0.05, 0) is 30.5 Å². The number of nitrogens with two attached hydrogens (primary N) is 1. The monoisotopic (exact) mass is 287 g/mol. The first-order valence-corrected chi connectivity index (χ1v) is 8.05. The highest BCUT2D eigenvalue weighted by molar-refractivity contribution is 5.79. The predicted octanol–water partition coefficient (Wildman–Crippen LogP) is 4.74. The fourth-order valence-corrected chi connectivity index (χ4v) is 2.77. The van der Waals surface area contributed by atoms with Crippen LogP contribution in [0.15, 0.2) is 18.2 Å². The highest BCUT2D eigenvalue weighted by Crippen LogP contribution is 2.28. The molecule has 2 N–H and O–H groups in total. The van der Waals surface area contributed by atoms with Gasteiger partial charge >= 0.3 is 0 Å². The van der Waals surface area contributed by atoms with Gasteiger partial charge in [0.2, 0.25) is 0 Å². The molecule has 0 fully saturated rings. The average molecular weight is 287 g/mol. The zero-order valence-corrected chi connectivity index (χ0v) is 14.1. The van der Waals surface area contributed by atoms with Crippen molar-refractivity contribution in [2.45, 2.75) is 65.8 Å². The first-order valence-electron chi connectivity index (χ1n) is 8.05. The van der Waals surface area contributed by atoms with E-state index in [4.69, 9.17) is 10.7 Å². The molecular formula is C18H29N3. The molecule has 0 amide bonds. The summed E-state index contributed by atoms with van der Waals surface area (Å²) < 4.78 is 2.38. The molecule has 0 unspecified atom stereocenters. The minimum absolute atomic E-state index is 0.0475. The number of aromatic nitrogens is 2. The number of imidazole rings is 1. The van der Waals surface area contributed by atoms with Gasteiger partial charge in [-0.2, -0.15) is 0 Å². The van der Waals surface area contributed by atoms with E-state index in [0.717, 1.165) is 29.5 Å². The van der Waals surface area contributed by atoms with Crippen LogP contribution in [0.2, 0.25) is 0 Å². The number of hydrogen-bond donors (Lipinski definition) is 1. The van der Waals surface area contributed by atoms with E-state index in [-0.39, 0.29) is 5.41 Å². The van der Waals surface area contributed by atoms with E-state index in [0.29, 0.717) is 0 Å². The van der Waals surface area contributed by atoms with Crippen LogP contribution in [0.3, 0.4) is 0 Å². The van der Waals surface area contributed by atoms with Crippen molar-refractivity contribution in [2.75, 3.05) is 5.73 Å². The number of fused-ring (bicyclic) bond motifs is 1. The van der Waals surface area contributed by atoms with Gasteiger partial charge in [0.15, 0.2) is 0 Å². The fraction of sp³-hybridized carbons (Fsp3) is 0.611. The third-order valence-corrected chi connectivity index (χ3v) is 3.86. The van der Waals surface area contributed by atoms with Crippen LogP contribution in [0.4, 0.5) is 5.69 Å². The molecule has 0 bridgehead atoms. The highest BCUT2D eigenvalue weighted by atomic mass is 15.1. The molecule has 3 heteroatoms. The summed E-state index contributed by atoms with van der Waals surface area (Å²) in [7, 11) is 0. The van der Waals surface area contributed by atoms with Crippen molar-refractivity contribution in [1.29, 1.82) is 0 Å². The van der Waals surface area contributed by atoms with E-state index in [2.05, 4.69) is 45.3 Å². The minimum Gasteiger partial charge on any atom is -0.399 e. The smallest absolute Gasteiger partial charge is 0.115 e. The molecule has 0 aliphatic rings. The van der Waals surface area contributed by atoms with Crippen LogP contribution in [0.25, 0.3) is 11.0 Å². The lowest BCUT2D eigenvalue weighted by Crippen LogP contribution is -2.19. The topological polar surface area (TPSA) is 43.8 Å². The molecule has 21 heavy (non-hydrogen) atoms. The maximum absolute atomic E-state index is 5.90. The summed E-state index contributed by atoms with van der Waals surface area (Å²) >= 11 is 0. The van der Waals surface area contributed by atoms with Crippen LogP contribution in [0.1, 0.15) is 59.7 Å². The third-order valence-electron chi connectivity index (χ3n) is 3.86. The number of unbranched alkanes of at least 4 members (excludes halogenated alkanes) is 1. The second-order valence-corrected chi connectivity index (χ2v) is 7.47. The summed E-state index contributed by atoms with van der Waals surface area (Å²) in [6.07, 6.45) is 3.78. The van der Waals surface area contributed by atoms with Crippen molar-refractivity contribution in [2.24, 2.45) is 5.92 Å². The predicted molar refractivity (Wildman–Crippen MR) is 91.5 cm³/mol. The van der Waals surface area contributed by atoms with E-state index < -0.39 is 0 Å². The summed E-state index contributed by atoms with van der Waals surface area (Å²) in [4.78, 5) is 4.84. The van der Waals surface area contributed by atoms with Crippen molar-refractivity contribution in [3.63, 3.8) is 0 Å². The number of nitrogen functional groups attached to an aromatic ring is 1. The summed E-state index contributed by atoms with van der Waals surface area (Å²) in [6, 6.07) is 6.06. The van der Waals surface area contributed by atoms with Crippen LogP contribution in [0.5, 0.6) is 0 Å². The van der Waals surface area contributed by atoms with Crippen LogP contribution >= 0.6 is 0 Å². The van der Waals surface area contributed by atoms with Gasteiger partial charge < -0.3 is 10.3 Å².